The Morgan fingerprint density at radius 1 is 1.40 bits per heavy atom. The summed E-state index contributed by atoms with van der Waals surface area (Å²) < 4.78 is 1.36. The van der Waals surface area contributed by atoms with E-state index < -0.39 is 4.92 Å². The third-order valence-electron chi connectivity index (χ3n) is 2.88. The largest absolute Gasteiger partial charge is 0.384 e. The Labute approximate surface area is 112 Å². The van der Waals surface area contributed by atoms with E-state index in [4.69, 9.17) is 4.84 Å². The minimum Gasteiger partial charge on any atom is -0.384 e. The quantitative estimate of drug-likeness (QED) is 0.512. The van der Waals surface area contributed by atoms with Gasteiger partial charge in [-0.1, -0.05) is 17.0 Å². The van der Waals surface area contributed by atoms with Crippen LogP contribution in [0.2, 0.25) is 0 Å². The molecule has 0 N–H and O–H groups in total. The van der Waals surface area contributed by atoms with E-state index in [1.807, 2.05) is 24.3 Å². The molecule has 20 heavy (non-hydrogen) atoms. The number of nitro groups is 1. The van der Waals surface area contributed by atoms with Crippen LogP contribution < -0.4 is 4.84 Å². The van der Waals surface area contributed by atoms with Crippen LogP contribution in [0.3, 0.4) is 0 Å². The third-order valence-corrected chi connectivity index (χ3v) is 2.88. The lowest BCUT2D eigenvalue weighted by Crippen LogP contribution is -2.15. The fourth-order valence-corrected chi connectivity index (χ4v) is 1.80. The molecule has 0 atom stereocenters. The van der Waals surface area contributed by atoms with Crippen LogP contribution in [0.15, 0.2) is 30.5 Å². The lowest BCUT2D eigenvalue weighted by molar-refractivity contribution is -0.391. The predicted molar refractivity (Wildman–Crippen MR) is 67.7 cm³/mol. The van der Waals surface area contributed by atoms with Crippen LogP contribution in [0.4, 0.5) is 5.82 Å². The highest BCUT2D eigenvalue weighted by molar-refractivity contribution is 5.73. The van der Waals surface area contributed by atoms with Crippen molar-refractivity contribution in [2.24, 2.45) is 7.05 Å². The molecule has 0 radical (unpaired) electrons. The van der Waals surface area contributed by atoms with E-state index in [1.54, 1.807) is 7.05 Å². The van der Waals surface area contributed by atoms with Crippen molar-refractivity contribution >= 4 is 16.9 Å². The van der Waals surface area contributed by atoms with Gasteiger partial charge in [0.2, 0.25) is 5.82 Å². The zero-order valence-corrected chi connectivity index (χ0v) is 10.5. The third kappa shape index (κ3) is 1.94. The molecular formula is C11H10N6O3. The summed E-state index contributed by atoms with van der Waals surface area (Å²) in [7, 11) is 1.56. The molecule has 0 aliphatic heterocycles. The monoisotopic (exact) mass is 274 g/mol. The first kappa shape index (κ1) is 12.1. The van der Waals surface area contributed by atoms with Crippen molar-refractivity contribution in [3.05, 3.63) is 46.4 Å². The normalized spacial score (nSPS) is 10.8. The lowest BCUT2D eigenvalue weighted by atomic mass is 10.3. The summed E-state index contributed by atoms with van der Waals surface area (Å²) in [5, 5.41) is 18.5. The summed E-state index contributed by atoms with van der Waals surface area (Å²) in [6.07, 6.45) is 1.19. The molecule has 2 aromatic heterocycles. The topological polar surface area (TPSA) is 101 Å². The fraction of sp³-hybridized carbons (Fsp3) is 0.182. The number of nitrogens with zero attached hydrogens (tertiary/aromatic N) is 6. The molecule has 2 heterocycles. The molecule has 0 unspecified atom stereocenters. The zero-order chi connectivity index (χ0) is 14.1. The average molecular weight is 274 g/mol. The van der Waals surface area contributed by atoms with Crippen molar-refractivity contribution in [3.63, 3.8) is 0 Å². The van der Waals surface area contributed by atoms with Crippen LogP contribution in [0.25, 0.3) is 11.0 Å². The minimum absolute atomic E-state index is 0.0533. The molecule has 0 aliphatic rings. The second kappa shape index (κ2) is 4.61. The van der Waals surface area contributed by atoms with Crippen LogP contribution in [0.1, 0.15) is 5.82 Å². The van der Waals surface area contributed by atoms with Crippen molar-refractivity contribution in [1.82, 2.24) is 24.7 Å². The maximum atomic E-state index is 10.7. The van der Waals surface area contributed by atoms with Gasteiger partial charge in [0.25, 0.3) is 0 Å². The molecule has 0 saturated carbocycles. The Balaban J connectivity index is 1.81. The first-order valence-electron chi connectivity index (χ1n) is 5.75. The zero-order valence-electron chi connectivity index (χ0n) is 10.5. The summed E-state index contributed by atoms with van der Waals surface area (Å²) in [5.41, 5.74) is 1.43. The standard InChI is InChI=1S/C11H10N6O3/c1-15-10(12-6-11(15)17(18)19)7-20-16-9-5-3-2-4-8(9)13-14-16/h2-6H,7H2,1H3. The molecule has 0 amide bonds. The maximum absolute atomic E-state index is 10.7. The Morgan fingerprint density at radius 3 is 2.95 bits per heavy atom. The maximum Gasteiger partial charge on any atom is 0.342 e. The highest BCUT2D eigenvalue weighted by Gasteiger charge is 2.17. The van der Waals surface area contributed by atoms with Gasteiger partial charge in [-0.3, -0.25) is 0 Å². The van der Waals surface area contributed by atoms with Gasteiger partial charge in [-0.25, -0.2) is 9.55 Å². The fourth-order valence-electron chi connectivity index (χ4n) is 1.80. The van der Waals surface area contributed by atoms with E-state index in [1.165, 1.54) is 15.6 Å². The highest BCUT2D eigenvalue weighted by atomic mass is 16.7. The predicted octanol–water partition coefficient (Wildman–Crippen LogP) is 0.702. The molecule has 1 aromatic carbocycles. The Kier molecular flexibility index (Phi) is 2.78. The van der Waals surface area contributed by atoms with Crippen LogP contribution in [0.5, 0.6) is 0 Å². The molecule has 3 aromatic rings. The van der Waals surface area contributed by atoms with E-state index in [2.05, 4.69) is 15.3 Å². The van der Waals surface area contributed by atoms with Crippen molar-refractivity contribution in [1.29, 1.82) is 0 Å². The summed E-state index contributed by atoms with van der Waals surface area (Å²) in [5.74, 6) is 0.336. The first-order chi connectivity index (χ1) is 9.66. The number of hydrogen-bond acceptors (Lipinski definition) is 6. The van der Waals surface area contributed by atoms with Gasteiger partial charge < -0.3 is 15.0 Å². The van der Waals surface area contributed by atoms with Gasteiger partial charge in [-0.15, -0.1) is 5.10 Å². The summed E-state index contributed by atoms with van der Waals surface area (Å²) >= 11 is 0. The van der Waals surface area contributed by atoms with Crippen LogP contribution in [-0.4, -0.2) is 29.6 Å². The molecule has 0 aliphatic carbocycles. The van der Waals surface area contributed by atoms with Crippen LogP contribution in [0, 0.1) is 10.1 Å². The van der Waals surface area contributed by atoms with Crippen LogP contribution in [-0.2, 0) is 13.7 Å². The smallest absolute Gasteiger partial charge is 0.342 e. The number of para-hydroxylation sites is 1. The molecule has 9 heteroatoms. The summed E-state index contributed by atoms with van der Waals surface area (Å²) in [6.45, 7) is 0.0533. The average Bonchev–Trinajstić information content (AvgIpc) is 3.00. The molecule has 3 rings (SSSR count). The highest BCUT2D eigenvalue weighted by Crippen LogP contribution is 2.12. The number of hydrogen-bond donors (Lipinski definition) is 0. The van der Waals surface area contributed by atoms with E-state index in [-0.39, 0.29) is 12.4 Å². The Hall–Kier alpha value is -2.97. The molecule has 9 nitrogen and oxygen atoms in total. The summed E-state index contributed by atoms with van der Waals surface area (Å²) in [4.78, 5) is 20.9. The molecule has 0 spiro atoms. The second-order valence-corrected chi connectivity index (χ2v) is 4.07. The van der Waals surface area contributed by atoms with E-state index in [9.17, 15) is 10.1 Å². The van der Waals surface area contributed by atoms with E-state index in [0.717, 1.165) is 5.52 Å². The van der Waals surface area contributed by atoms with Crippen molar-refractivity contribution in [2.45, 2.75) is 6.61 Å². The number of imidazole rings is 1. The van der Waals surface area contributed by atoms with E-state index >= 15 is 0 Å². The van der Waals surface area contributed by atoms with Crippen LogP contribution >= 0.6 is 0 Å². The number of benzene rings is 1. The SMILES string of the molecule is Cn1c([N+](=O)[O-])cnc1COn1nnc2ccccc21. The second-order valence-electron chi connectivity index (χ2n) is 4.07. The van der Waals surface area contributed by atoms with Gasteiger partial charge >= 0.3 is 5.82 Å². The molecular weight excluding hydrogens is 264 g/mol. The van der Waals surface area contributed by atoms with Gasteiger partial charge in [0.05, 0.1) is 7.05 Å². The number of rotatable bonds is 4. The summed E-state index contributed by atoms with van der Waals surface area (Å²) in [6, 6.07) is 7.32. The Bertz CT molecular complexity index is 777. The van der Waals surface area contributed by atoms with Crippen molar-refractivity contribution in [3.8, 4) is 0 Å². The Morgan fingerprint density at radius 2 is 2.20 bits per heavy atom. The van der Waals surface area contributed by atoms with Gasteiger partial charge in [0.15, 0.2) is 6.61 Å². The van der Waals surface area contributed by atoms with Crippen molar-refractivity contribution < 1.29 is 9.76 Å². The minimum atomic E-state index is -0.499. The van der Waals surface area contributed by atoms with Gasteiger partial charge in [-0.05, 0) is 22.3 Å². The molecule has 0 saturated heterocycles. The molecule has 0 bridgehead atoms. The first-order valence-corrected chi connectivity index (χ1v) is 5.75. The molecule has 102 valence electrons. The number of aromatic nitrogens is 5. The number of fused-ring (bicyclic) bond motifs is 1. The lowest BCUT2D eigenvalue weighted by Gasteiger charge is -2.03. The van der Waals surface area contributed by atoms with Gasteiger partial charge in [-0.2, -0.15) is 0 Å². The van der Waals surface area contributed by atoms with Crippen molar-refractivity contribution in [2.75, 3.05) is 0 Å². The van der Waals surface area contributed by atoms with E-state index in [0.29, 0.717) is 11.3 Å². The van der Waals surface area contributed by atoms with Gasteiger partial charge in [0, 0.05) is 0 Å². The molecule has 0 fully saturated rings. The van der Waals surface area contributed by atoms with Gasteiger partial charge in [0.1, 0.15) is 17.2 Å².